The van der Waals surface area contributed by atoms with E-state index in [2.05, 4.69) is 27.7 Å². The first kappa shape index (κ1) is 10.1. The van der Waals surface area contributed by atoms with Crippen LogP contribution < -0.4 is 0 Å². The summed E-state index contributed by atoms with van der Waals surface area (Å²) in [4.78, 5) is 0. The number of rotatable bonds is 3. The second-order valence-corrected chi connectivity index (χ2v) is 5.31. The van der Waals surface area contributed by atoms with Crippen LogP contribution in [0.25, 0.3) is 0 Å². The minimum absolute atomic E-state index is 0.904. The Labute approximate surface area is 77.7 Å². The Morgan fingerprint density at radius 1 is 1.08 bits per heavy atom. The molecule has 0 aromatic heterocycles. The molecule has 0 bridgehead atoms. The topological polar surface area (TPSA) is 0 Å². The average molecular weight is 168 g/mol. The minimum Gasteiger partial charge on any atom is -0.0628 e. The van der Waals surface area contributed by atoms with Gasteiger partial charge in [0.25, 0.3) is 0 Å². The molecule has 0 heterocycles. The molecule has 72 valence electrons. The minimum atomic E-state index is 0.904. The molecular weight excluding hydrogens is 144 g/mol. The lowest BCUT2D eigenvalue weighted by atomic mass is 9.90. The van der Waals surface area contributed by atoms with E-state index in [1.165, 1.54) is 25.7 Å². The highest BCUT2D eigenvalue weighted by Crippen LogP contribution is 2.38. The van der Waals surface area contributed by atoms with Crippen LogP contribution in [0.15, 0.2) is 0 Å². The fourth-order valence-corrected chi connectivity index (χ4v) is 2.60. The number of hydrogen-bond acceptors (Lipinski definition) is 0. The van der Waals surface area contributed by atoms with Gasteiger partial charge in [0, 0.05) is 0 Å². The summed E-state index contributed by atoms with van der Waals surface area (Å²) in [7, 11) is 0. The molecule has 1 fully saturated rings. The molecule has 0 amide bonds. The van der Waals surface area contributed by atoms with E-state index in [0.717, 1.165) is 23.7 Å². The van der Waals surface area contributed by atoms with Crippen LogP contribution in [-0.2, 0) is 0 Å². The van der Waals surface area contributed by atoms with Crippen LogP contribution in [-0.4, -0.2) is 0 Å². The summed E-state index contributed by atoms with van der Waals surface area (Å²) < 4.78 is 0. The maximum atomic E-state index is 2.38. The van der Waals surface area contributed by atoms with Crippen LogP contribution in [0.1, 0.15) is 53.4 Å². The van der Waals surface area contributed by atoms with Gasteiger partial charge in [-0.1, -0.05) is 34.1 Å². The Morgan fingerprint density at radius 2 is 1.75 bits per heavy atom. The highest BCUT2D eigenvalue weighted by Gasteiger charge is 2.26. The predicted octanol–water partition coefficient (Wildman–Crippen LogP) is 4.10. The highest BCUT2D eigenvalue weighted by atomic mass is 14.3. The zero-order chi connectivity index (χ0) is 9.14. The Kier molecular flexibility index (Phi) is 3.61. The lowest BCUT2D eigenvalue weighted by Gasteiger charge is -2.15. The standard InChI is InChI=1S/C12H24/c1-9(2)7-11-5-6-12(8-11)10(3)4/h9-12H,5-8H2,1-4H3/t11-,12-/m1/s1. The smallest absolute Gasteiger partial charge is 0.0388 e. The first-order valence-corrected chi connectivity index (χ1v) is 5.59. The third-order valence-corrected chi connectivity index (χ3v) is 3.33. The van der Waals surface area contributed by atoms with Gasteiger partial charge in [-0.3, -0.25) is 0 Å². The molecule has 0 saturated heterocycles. The van der Waals surface area contributed by atoms with E-state index in [9.17, 15) is 0 Å². The van der Waals surface area contributed by atoms with Gasteiger partial charge in [0.2, 0.25) is 0 Å². The monoisotopic (exact) mass is 168 g/mol. The maximum Gasteiger partial charge on any atom is -0.0388 e. The molecule has 0 N–H and O–H groups in total. The normalized spacial score (nSPS) is 30.5. The van der Waals surface area contributed by atoms with E-state index >= 15 is 0 Å². The van der Waals surface area contributed by atoms with Crippen LogP contribution in [0.5, 0.6) is 0 Å². The third-order valence-electron chi connectivity index (χ3n) is 3.33. The molecular formula is C12H24. The molecule has 2 atom stereocenters. The first-order chi connectivity index (χ1) is 5.59. The van der Waals surface area contributed by atoms with Crippen molar-refractivity contribution in [3.63, 3.8) is 0 Å². The summed E-state index contributed by atoms with van der Waals surface area (Å²) in [5.74, 6) is 3.91. The van der Waals surface area contributed by atoms with Gasteiger partial charge in [0.15, 0.2) is 0 Å². The van der Waals surface area contributed by atoms with Crippen molar-refractivity contribution in [2.24, 2.45) is 23.7 Å². The summed E-state index contributed by atoms with van der Waals surface area (Å²) in [6, 6.07) is 0. The molecule has 0 aliphatic heterocycles. The van der Waals surface area contributed by atoms with Gasteiger partial charge in [0.1, 0.15) is 0 Å². The summed E-state index contributed by atoms with van der Waals surface area (Å²) >= 11 is 0. The molecule has 1 aliphatic rings. The van der Waals surface area contributed by atoms with Gasteiger partial charge >= 0.3 is 0 Å². The molecule has 0 heteroatoms. The maximum absolute atomic E-state index is 2.38. The van der Waals surface area contributed by atoms with E-state index in [0.29, 0.717) is 0 Å². The van der Waals surface area contributed by atoms with Crippen LogP contribution in [0, 0.1) is 23.7 Å². The molecule has 1 aliphatic carbocycles. The number of hydrogen-bond donors (Lipinski definition) is 0. The fraction of sp³-hybridized carbons (Fsp3) is 1.00. The van der Waals surface area contributed by atoms with Crippen molar-refractivity contribution in [3.8, 4) is 0 Å². The largest absolute Gasteiger partial charge is 0.0628 e. The molecule has 0 spiro atoms. The van der Waals surface area contributed by atoms with Crippen LogP contribution in [0.3, 0.4) is 0 Å². The van der Waals surface area contributed by atoms with Crippen LogP contribution >= 0.6 is 0 Å². The summed E-state index contributed by atoms with van der Waals surface area (Å²) in [6.07, 6.45) is 5.97. The molecule has 0 radical (unpaired) electrons. The van der Waals surface area contributed by atoms with Crippen molar-refractivity contribution in [2.45, 2.75) is 53.4 Å². The van der Waals surface area contributed by atoms with Gasteiger partial charge in [-0.2, -0.15) is 0 Å². The molecule has 0 nitrogen and oxygen atoms in total. The lowest BCUT2D eigenvalue weighted by Crippen LogP contribution is -2.05. The van der Waals surface area contributed by atoms with Gasteiger partial charge in [0.05, 0.1) is 0 Å². The summed E-state index contributed by atoms with van der Waals surface area (Å²) in [6.45, 7) is 9.45. The van der Waals surface area contributed by atoms with Crippen LogP contribution in [0.4, 0.5) is 0 Å². The summed E-state index contributed by atoms with van der Waals surface area (Å²) in [5.41, 5.74) is 0. The molecule has 0 aromatic rings. The Morgan fingerprint density at radius 3 is 2.17 bits per heavy atom. The van der Waals surface area contributed by atoms with Crippen molar-refractivity contribution in [2.75, 3.05) is 0 Å². The summed E-state index contributed by atoms with van der Waals surface area (Å²) in [5, 5.41) is 0. The highest BCUT2D eigenvalue weighted by molar-refractivity contribution is 4.77. The van der Waals surface area contributed by atoms with Crippen molar-refractivity contribution < 1.29 is 0 Å². The second-order valence-electron chi connectivity index (χ2n) is 5.31. The van der Waals surface area contributed by atoms with E-state index in [1.54, 1.807) is 0 Å². The van der Waals surface area contributed by atoms with Crippen molar-refractivity contribution in [1.82, 2.24) is 0 Å². The van der Waals surface area contributed by atoms with E-state index in [4.69, 9.17) is 0 Å². The van der Waals surface area contributed by atoms with Gasteiger partial charge in [-0.15, -0.1) is 0 Å². The van der Waals surface area contributed by atoms with E-state index in [-0.39, 0.29) is 0 Å². The first-order valence-electron chi connectivity index (χ1n) is 5.59. The second kappa shape index (κ2) is 4.30. The van der Waals surface area contributed by atoms with E-state index < -0.39 is 0 Å². The van der Waals surface area contributed by atoms with Gasteiger partial charge in [-0.25, -0.2) is 0 Å². The Bertz CT molecular complexity index is 124. The van der Waals surface area contributed by atoms with Gasteiger partial charge < -0.3 is 0 Å². The predicted molar refractivity (Wildman–Crippen MR) is 55.1 cm³/mol. The lowest BCUT2D eigenvalue weighted by molar-refractivity contribution is 0.355. The zero-order valence-corrected chi connectivity index (χ0v) is 9.14. The van der Waals surface area contributed by atoms with Crippen LogP contribution in [0.2, 0.25) is 0 Å². The SMILES string of the molecule is CC(C)C[C@H]1CC[C@@H](C(C)C)C1. The molecule has 0 aromatic carbocycles. The molecule has 12 heavy (non-hydrogen) atoms. The Balaban J connectivity index is 2.26. The Hall–Kier alpha value is 0. The van der Waals surface area contributed by atoms with Crippen molar-refractivity contribution in [3.05, 3.63) is 0 Å². The molecule has 1 saturated carbocycles. The van der Waals surface area contributed by atoms with Crippen molar-refractivity contribution in [1.29, 1.82) is 0 Å². The average Bonchev–Trinajstić information content (AvgIpc) is 2.34. The third kappa shape index (κ3) is 2.80. The zero-order valence-electron chi connectivity index (χ0n) is 9.14. The van der Waals surface area contributed by atoms with Gasteiger partial charge in [-0.05, 0) is 42.9 Å². The molecule has 0 unspecified atom stereocenters. The molecule has 1 rings (SSSR count). The fourth-order valence-electron chi connectivity index (χ4n) is 2.60. The van der Waals surface area contributed by atoms with E-state index in [1.807, 2.05) is 0 Å². The quantitative estimate of drug-likeness (QED) is 0.595. The van der Waals surface area contributed by atoms with Crippen molar-refractivity contribution >= 4 is 0 Å².